The van der Waals surface area contributed by atoms with Crippen molar-refractivity contribution in [2.75, 3.05) is 13.1 Å². The fourth-order valence-electron chi connectivity index (χ4n) is 1.61. The molecule has 86 valence electrons. The summed E-state index contributed by atoms with van der Waals surface area (Å²) in [5, 5.41) is 8.67. The van der Waals surface area contributed by atoms with Crippen LogP contribution in [0.2, 0.25) is 0 Å². The number of piperidine rings is 1. The molecule has 15 heavy (non-hydrogen) atoms. The summed E-state index contributed by atoms with van der Waals surface area (Å²) in [5.41, 5.74) is 0. The first-order chi connectivity index (χ1) is 6.82. The van der Waals surface area contributed by atoms with Crippen LogP contribution in [0.5, 0.6) is 0 Å². The lowest BCUT2D eigenvalue weighted by molar-refractivity contribution is -0.158. The number of carbonyl (C=O) groups excluding carboxylic acids is 1. The quantitative estimate of drug-likeness (QED) is 0.755. The molecule has 1 fully saturated rings. The second kappa shape index (κ2) is 4.12. The Morgan fingerprint density at radius 1 is 1.33 bits per heavy atom. The van der Waals surface area contributed by atoms with E-state index in [-0.39, 0.29) is 25.9 Å². The van der Waals surface area contributed by atoms with Gasteiger partial charge < -0.3 is 10.0 Å². The molecule has 0 bridgehead atoms. The van der Waals surface area contributed by atoms with E-state index < -0.39 is 23.7 Å². The second-order valence-electron chi connectivity index (χ2n) is 3.79. The van der Waals surface area contributed by atoms with Crippen LogP contribution >= 0.6 is 0 Å². The van der Waals surface area contributed by atoms with Gasteiger partial charge in [-0.3, -0.25) is 9.59 Å². The zero-order valence-corrected chi connectivity index (χ0v) is 8.37. The molecule has 0 unspecified atom stereocenters. The standard InChI is InChI=1S/C9H13F2NO3/c1-9(10,11)8(15)12-4-2-6(3-5-12)7(13)14/h6H,2-5H2,1H3,(H,13,14). The summed E-state index contributed by atoms with van der Waals surface area (Å²) < 4.78 is 25.3. The average Bonchev–Trinajstić information content (AvgIpc) is 2.15. The van der Waals surface area contributed by atoms with Gasteiger partial charge in [0.15, 0.2) is 0 Å². The van der Waals surface area contributed by atoms with Crippen LogP contribution in [0, 0.1) is 5.92 Å². The van der Waals surface area contributed by atoms with Crippen LogP contribution in [0.25, 0.3) is 0 Å². The highest BCUT2D eigenvalue weighted by molar-refractivity contribution is 5.83. The minimum atomic E-state index is -3.37. The van der Waals surface area contributed by atoms with Crippen molar-refractivity contribution in [2.45, 2.75) is 25.7 Å². The number of halogens is 2. The van der Waals surface area contributed by atoms with E-state index in [2.05, 4.69) is 0 Å². The van der Waals surface area contributed by atoms with Crippen molar-refractivity contribution in [3.8, 4) is 0 Å². The number of likely N-dealkylation sites (tertiary alicyclic amines) is 1. The maximum atomic E-state index is 12.6. The van der Waals surface area contributed by atoms with E-state index in [1.165, 1.54) is 0 Å². The Morgan fingerprint density at radius 3 is 2.13 bits per heavy atom. The summed E-state index contributed by atoms with van der Waals surface area (Å²) in [6.07, 6.45) is 0.494. The lowest BCUT2D eigenvalue weighted by Gasteiger charge is -2.31. The number of carbonyl (C=O) groups is 2. The van der Waals surface area contributed by atoms with Crippen molar-refractivity contribution >= 4 is 11.9 Å². The van der Waals surface area contributed by atoms with E-state index in [1.54, 1.807) is 0 Å². The highest BCUT2D eigenvalue weighted by atomic mass is 19.3. The highest BCUT2D eigenvalue weighted by Gasteiger charge is 2.38. The van der Waals surface area contributed by atoms with Gasteiger partial charge in [0.2, 0.25) is 0 Å². The molecule has 0 radical (unpaired) electrons. The van der Waals surface area contributed by atoms with Gasteiger partial charge in [-0.05, 0) is 12.8 Å². The summed E-state index contributed by atoms with van der Waals surface area (Å²) in [5.74, 6) is -6.02. The highest BCUT2D eigenvalue weighted by Crippen LogP contribution is 2.22. The number of hydrogen-bond donors (Lipinski definition) is 1. The van der Waals surface area contributed by atoms with Crippen molar-refractivity contribution < 1.29 is 23.5 Å². The van der Waals surface area contributed by atoms with Crippen LogP contribution in [0.15, 0.2) is 0 Å². The maximum absolute atomic E-state index is 12.6. The van der Waals surface area contributed by atoms with Gasteiger partial charge in [0, 0.05) is 20.0 Å². The predicted octanol–water partition coefficient (Wildman–Crippen LogP) is 0.965. The SMILES string of the molecule is CC(F)(F)C(=O)N1CCC(C(=O)O)CC1. The molecule has 0 aromatic carbocycles. The Balaban J connectivity index is 2.51. The summed E-state index contributed by atoms with van der Waals surface area (Å²) in [4.78, 5) is 22.7. The maximum Gasteiger partial charge on any atom is 0.322 e. The number of aliphatic carboxylic acids is 1. The molecule has 6 heteroatoms. The summed E-state index contributed by atoms with van der Waals surface area (Å²) >= 11 is 0. The molecule has 0 saturated carbocycles. The Labute approximate surface area is 85.9 Å². The molecule has 0 atom stereocenters. The average molecular weight is 221 g/mol. The van der Waals surface area contributed by atoms with E-state index in [1.807, 2.05) is 0 Å². The summed E-state index contributed by atoms with van der Waals surface area (Å²) in [6.45, 7) is 0.747. The fourth-order valence-corrected chi connectivity index (χ4v) is 1.61. The zero-order chi connectivity index (χ0) is 11.6. The van der Waals surface area contributed by atoms with Crippen LogP contribution in [-0.2, 0) is 9.59 Å². The number of amides is 1. The third kappa shape index (κ3) is 2.87. The van der Waals surface area contributed by atoms with Crippen LogP contribution in [-0.4, -0.2) is 40.9 Å². The van der Waals surface area contributed by atoms with Crippen LogP contribution in [0.4, 0.5) is 8.78 Å². The minimum absolute atomic E-state index is 0.0965. The van der Waals surface area contributed by atoms with Gasteiger partial charge in [0.05, 0.1) is 5.92 Å². The second-order valence-corrected chi connectivity index (χ2v) is 3.79. The molecule has 1 amide bonds. The number of carboxylic acid groups (broad SMARTS) is 1. The van der Waals surface area contributed by atoms with E-state index in [9.17, 15) is 18.4 Å². The molecule has 0 aromatic rings. The van der Waals surface area contributed by atoms with Gasteiger partial charge >= 0.3 is 11.9 Å². The number of nitrogens with zero attached hydrogens (tertiary/aromatic N) is 1. The van der Waals surface area contributed by atoms with Crippen LogP contribution < -0.4 is 0 Å². The first-order valence-corrected chi connectivity index (χ1v) is 4.72. The van der Waals surface area contributed by atoms with E-state index >= 15 is 0 Å². The minimum Gasteiger partial charge on any atom is -0.481 e. The molecular weight excluding hydrogens is 208 g/mol. The fraction of sp³-hybridized carbons (Fsp3) is 0.778. The predicted molar refractivity (Wildman–Crippen MR) is 47.6 cm³/mol. The molecular formula is C9H13F2NO3. The zero-order valence-electron chi connectivity index (χ0n) is 8.37. The molecule has 1 N–H and O–H groups in total. The van der Waals surface area contributed by atoms with Gasteiger partial charge in [-0.25, -0.2) is 0 Å². The van der Waals surface area contributed by atoms with Crippen molar-refractivity contribution in [3.63, 3.8) is 0 Å². The molecule has 1 saturated heterocycles. The molecule has 1 heterocycles. The number of hydrogen-bond acceptors (Lipinski definition) is 2. The Kier molecular flexibility index (Phi) is 3.26. The van der Waals surface area contributed by atoms with Gasteiger partial charge in [0.1, 0.15) is 0 Å². The molecule has 1 aliphatic rings. The van der Waals surface area contributed by atoms with Crippen molar-refractivity contribution in [1.82, 2.24) is 4.90 Å². The van der Waals surface area contributed by atoms with Crippen molar-refractivity contribution in [3.05, 3.63) is 0 Å². The molecule has 0 spiro atoms. The largest absolute Gasteiger partial charge is 0.481 e. The Morgan fingerprint density at radius 2 is 1.80 bits per heavy atom. The van der Waals surface area contributed by atoms with Crippen molar-refractivity contribution in [2.24, 2.45) is 5.92 Å². The molecule has 0 aliphatic carbocycles. The van der Waals surface area contributed by atoms with Crippen molar-refractivity contribution in [1.29, 1.82) is 0 Å². The van der Waals surface area contributed by atoms with Gasteiger partial charge in [0.25, 0.3) is 5.91 Å². The van der Waals surface area contributed by atoms with E-state index in [0.29, 0.717) is 6.92 Å². The van der Waals surface area contributed by atoms with E-state index in [4.69, 9.17) is 5.11 Å². The Bertz CT molecular complexity index is 267. The summed E-state index contributed by atoms with van der Waals surface area (Å²) in [7, 11) is 0. The van der Waals surface area contributed by atoms with Gasteiger partial charge in [-0.2, -0.15) is 8.78 Å². The first-order valence-electron chi connectivity index (χ1n) is 4.72. The molecule has 1 aliphatic heterocycles. The lowest BCUT2D eigenvalue weighted by atomic mass is 9.97. The molecule has 0 aromatic heterocycles. The van der Waals surface area contributed by atoms with Crippen LogP contribution in [0.1, 0.15) is 19.8 Å². The van der Waals surface area contributed by atoms with Crippen LogP contribution in [0.3, 0.4) is 0 Å². The number of carboxylic acids is 1. The van der Waals surface area contributed by atoms with E-state index in [0.717, 1.165) is 4.90 Å². The topological polar surface area (TPSA) is 57.6 Å². The normalized spacial score (nSPS) is 19.0. The Hall–Kier alpha value is -1.20. The van der Waals surface area contributed by atoms with Gasteiger partial charge in [-0.1, -0.05) is 0 Å². The summed E-state index contributed by atoms with van der Waals surface area (Å²) in [6, 6.07) is 0. The van der Waals surface area contributed by atoms with Gasteiger partial charge in [-0.15, -0.1) is 0 Å². The third-order valence-corrected chi connectivity index (χ3v) is 2.51. The first kappa shape index (κ1) is 11.9. The number of alkyl halides is 2. The smallest absolute Gasteiger partial charge is 0.322 e. The third-order valence-electron chi connectivity index (χ3n) is 2.51. The number of rotatable bonds is 2. The lowest BCUT2D eigenvalue weighted by Crippen LogP contribution is -2.46. The molecule has 1 rings (SSSR count). The monoisotopic (exact) mass is 221 g/mol. The molecule has 4 nitrogen and oxygen atoms in total.